The lowest BCUT2D eigenvalue weighted by Gasteiger charge is -2.40. The molecule has 1 aromatic rings. The van der Waals surface area contributed by atoms with E-state index >= 15 is 0 Å². The third-order valence-corrected chi connectivity index (χ3v) is 14.9. The maximum Gasteiger partial charge on any atom is 0.305 e. The Morgan fingerprint density at radius 3 is 2.05 bits per heavy atom. The summed E-state index contributed by atoms with van der Waals surface area (Å²) in [6.45, 7) is 11.8. The highest BCUT2D eigenvalue weighted by molar-refractivity contribution is 7.03. The van der Waals surface area contributed by atoms with Crippen molar-refractivity contribution in [2.75, 3.05) is 7.11 Å². The van der Waals surface area contributed by atoms with Crippen LogP contribution >= 0.6 is 0 Å². The van der Waals surface area contributed by atoms with Gasteiger partial charge in [-0.1, -0.05) is 68.3 Å². The van der Waals surface area contributed by atoms with Crippen molar-refractivity contribution >= 4 is 27.3 Å². The van der Waals surface area contributed by atoms with Gasteiger partial charge in [0.05, 0.1) is 15.2 Å². The molecule has 0 fully saturated rings. The summed E-state index contributed by atoms with van der Waals surface area (Å²) in [6, 6.07) is 10.7. The van der Waals surface area contributed by atoms with Gasteiger partial charge >= 0.3 is 5.97 Å². The standard InChI is InChI=1S/C15H26O2Si2/c1-17-14(16)12-15(18(2,3)4)19(5,6)13-10-8-7-9-11-13/h7-11,15H,12H2,1-6H3. The summed E-state index contributed by atoms with van der Waals surface area (Å²) in [5, 5.41) is 1.93. The molecular formula is C15H26O2Si2. The van der Waals surface area contributed by atoms with E-state index in [-0.39, 0.29) is 5.97 Å². The molecule has 0 saturated heterocycles. The molecule has 106 valence electrons. The van der Waals surface area contributed by atoms with E-state index in [1.54, 1.807) is 0 Å². The summed E-state index contributed by atoms with van der Waals surface area (Å²) in [5.41, 5.74) is 0. The van der Waals surface area contributed by atoms with E-state index in [4.69, 9.17) is 4.74 Å². The number of hydrogen-bond donors (Lipinski definition) is 0. The second kappa shape index (κ2) is 6.05. The molecule has 1 rings (SSSR count). The Morgan fingerprint density at radius 1 is 1.11 bits per heavy atom. The number of carbonyl (C=O) groups is 1. The van der Waals surface area contributed by atoms with E-state index in [0.717, 1.165) is 0 Å². The number of hydrogen-bond acceptors (Lipinski definition) is 2. The minimum atomic E-state index is -1.66. The lowest BCUT2D eigenvalue weighted by Crippen LogP contribution is -2.54. The van der Waals surface area contributed by atoms with Crippen LogP contribution in [0.3, 0.4) is 0 Å². The summed E-state index contributed by atoms with van der Waals surface area (Å²) in [5.74, 6) is -0.0658. The highest BCUT2D eigenvalue weighted by Gasteiger charge is 2.43. The van der Waals surface area contributed by atoms with Crippen LogP contribution in [0.1, 0.15) is 6.42 Å². The number of methoxy groups -OCH3 is 1. The first-order valence-corrected chi connectivity index (χ1v) is 13.5. The molecule has 0 aliphatic rings. The van der Waals surface area contributed by atoms with Crippen LogP contribution in [0.4, 0.5) is 0 Å². The highest BCUT2D eigenvalue weighted by Crippen LogP contribution is 2.35. The zero-order chi connectivity index (χ0) is 14.7. The van der Waals surface area contributed by atoms with Gasteiger partial charge in [0.2, 0.25) is 0 Å². The second-order valence-electron chi connectivity index (χ2n) is 6.79. The van der Waals surface area contributed by atoms with Crippen LogP contribution in [0.2, 0.25) is 37.9 Å². The monoisotopic (exact) mass is 294 g/mol. The first-order chi connectivity index (χ1) is 8.69. The minimum absolute atomic E-state index is 0.0658. The fourth-order valence-corrected chi connectivity index (χ4v) is 15.0. The number of ether oxygens (including phenoxy) is 1. The van der Waals surface area contributed by atoms with Gasteiger partial charge in [-0.2, -0.15) is 0 Å². The van der Waals surface area contributed by atoms with E-state index in [1.165, 1.54) is 12.3 Å². The van der Waals surface area contributed by atoms with Crippen molar-refractivity contribution in [3.8, 4) is 0 Å². The molecule has 0 radical (unpaired) electrons. The van der Waals surface area contributed by atoms with Crippen LogP contribution in [0, 0.1) is 0 Å². The van der Waals surface area contributed by atoms with Crippen molar-refractivity contribution in [2.45, 2.75) is 44.3 Å². The maximum absolute atomic E-state index is 11.8. The van der Waals surface area contributed by atoms with Crippen LogP contribution in [0.5, 0.6) is 0 Å². The molecule has 0 heterocycles. The molecule has 0 bridgehead atoms. The van der Waals surface area contributed by atoms with Crippen molar-refractivity contribution in [2.24, 2.45) is 0 Å². The van der Waals surface area contributed by atoms with Crippen molar-refractivity contribution in [3.63, 3.8) is 0 Å². The molecule has 0 spiro atoms. The Morgan fingerprint density at radius 2 is 1.63 bits per heavy atom. The summed E-state index contributed by atoms with van der Waals surface area (Å²) in [6.07, 6.45) is 0.570. The molecule has 0 aliphatic heterocycles. The first-order valence-electron chi connectivity index (χ1n) is 6.82. The Hall–Kier alpha value is -0.876. The molecule has 0 aliphatic carbocycles. The van der Waals surface area contributed by atoms with Crippen molar-refractivity contribution < 1.29 is 9.53 Å². The largest absolute Gasteiger partial charge is 0.469 e. The van der Waals surface area contributed by atoms with Gasteiger partial charge in [0.15, 0.2) is 0 Å². The minimum Gasteiger partial charge on any atom is -0.469 e. The fraction of sp³-hybridized carbons (Fsp3) is 0.533. The van der Waals surface area contributed by atoms with Gasteiger partial charge in [-0.3, -0.25) is 4.79 Å². The molecule has 19 heavy (non-hydrogen) atoms. The van der Waals surface area contributed by atoms with Crippen LogP contribution < -0.4 is 5.19 Å². The van der Waals surface area contributed by atoms with Crippen LogP contribution in [0.25, 0.3) is 0 Å². The molecule has 1 aromatic carbocycles. The number of esters is 1. The van der Waals surface area contributed by atoms with E-state index < -0.39 is 16.1 Å². The van der Waals surface area contributed by atoms with Gasteiger partial charge < -0.3 is 4.74 Å². The Balaban J connectivity index is 3.13. The van der Waals surface area contributed by atoms with Gasteiger partial charge in [0.1, 0.15) is 0 Å². The Kier molecular flexibility index (Phi) is 5.15. The summed E-state index contributed by atoms with van der Waals surface area (Å²) in [4.78, 5) is 11.8. The third kappa shape index (κ3) is 4.04. The zero-order valence-corrected chi connectivity index (χ0v) is 15.0. The fourth-order valence-electron chi connectivity index (χ4n) is 2.96. The summed E-state index contributed by atoms with van der Waals surface area (Å²) < 4.78 is 4.91. The summed E-state index contributed by atoms with van der Waals surface area (Å²) in [7, 11) is -1.60. The SMILES string of the molecule is COC(=O)CC([Si](C)(C)C)[Si](C)(C)c1ccccc1. The van der Waals surface area contributed by atoms with Crippen molar-refractivity contribution in [1.82, 2.24) is 0 Å². The average molecular weight is 295 g/mol. The molecule has 0 saturated carbocycles. The molecule has 0 N–H and O–H groups in total. The van der Waals surface area contributed by atoms with Gasteiger partial charge in [-0.25, -0.2) is 0 Å². The molecule has 0 amide bonds. The smallest absolute Gasteiger partial charge is 0.305 e. The molecule has 1 unspecified atom stereocenters. The molecule has 2 nitrogen and oxygen atoms in total. The predicted molar refractivity (Wildman–Crippen MR) is 87.3 cm³/mol. The topological polar surface area (TPSA) is 26.3 Å². The van der Waals surface area contributed by atoms with Crippen LogP contribution in [-0.2, 0) is 9.53 Å². The molecular weight excluding hydrogens is 268 g/mol. The zero-order valence-electron chi connectivity index (χ0n) is 13.0. The number of rotatable bonds is 5. The lowest BCUT2D eigenvalue weighted by molar-refractivity contribution is -0.140. The number of benzene rings is 1. The summed E-state index contributed by atoms with van der Waals surface area (Å²) >= 11 is 0. The number of carbonyl (C=O) groups excluding carboxylic acids is 1. The lowest BCUT2D eigenvalue weighted by atomic mass is 10.4. The van der Waals surface area contributed by atoms with Crippen LogP contribution in [0.15, 0.2) is 30.3 Å². The highest BCUT2D eigenvalue weighted by atomic mass is 28.4. The first kappa shape index (κ1) is 16.2. The average Bonchev–Trinajstić information content (AvgIpc) is 2.35. The van der Waals surface area contributed by atoms with E-state index in [1.807, 2.05) is 0 Å². The van der Waals surface area contributed by atoms with Gasteiger partial charge in [0, 0.05) is 14.5 Å². The van der Waals surface area contributed by atoms with Crippen molar-refractivity contribution in [1.29, 1.82) is 0 Å². The van der Waals surface area contributed by atoms with E-state index in [9.17, 15) is 4.79 Å². The van der Waals surface area contributed by atoms with Gasteiger partial charge in [-0.05, 0) is 5.16 Å². The maximum atomic E-state index is 11.8. The Labute approximate surface area is 119 Å². The van der Waals surface area contributed by atoms with Crippen LogP contribution in [-0.4, -0.2) is 29.2 Å². The molecule has 1 atom stereocenters. The van der Waals surface area contributed by atoms with E-state index in [2.05, 4.69) is 63.1 Å². The van der Waals surface area contributed by atoms with E-state index in [0.29, 0.717) is 11.6 Å². The van der Waals surface area contributed by atoms with Gasteiger partial charge in [0.25, 0.3) is 0 Å². The second-order valence-corrected chi connectivity index (χ2v) is 17.5. The van der Waals surface area contributed by atoms with Gasteiger partial charge in [-0.15, -0.1) is 0 Å². The molecule has 0 aromatic heterocycles. The van der Waals surface area contributed by atoms with Crippen molar-refractivity contribution in [3.05, 3.63) is 30.3 Å². The Bertz CT molecular complexity index is 422. The normalized spacial score (nSPS) is 14.0. The third-order valence-electron chi connectivity index (χ3n) is 4.03. The molecule has 4 heteroatoms. The predicted octanol–water partition coefficient (Wildman–Crippen LogP) is 3.41. The quantitative estimate of drug-likeness (QED) is 0.614.